The fraction of sp³-hybridized carbons (Fsp3) is 0.273. The van der Waals surface area contributed by atoms with Crippen LogP contribution >= 0.6 is 11.8 Å². The van der Waals surface area contributed by atoms with Gasteiger partial charge in [-0.05, 0) is 24.3 Å². The zero-order valence-corrected chi connectivity index (χ0v) is 12.2. The van der Waals surface area contributed by atoms with Crippen molar-refractivity contribution >= 4 is 38.6 Å². The molecule has 1 saturated heterocycles. The molecule has 3 N–H and O–H groups in total. The number of thioether (sulfide) groups is 1. The maximum atomic E-state index is 12.1. The predicted molar refractivity (Wildman–Crippen MR) is 76.0 cm³/mol. The Labute approximate surface area is 120 Å². The molecule has 0 saturated carbocycles. The zero-order valence-electron chi connectivity index (χ0n) is 10.6. The molecule has 1 aromatic carbocycles. The number of sulfonamides is 1. The molecular formula is C11H13N3O4S2. The summed E-state index contributed by atoms with van der Waals surface area (Å²) in [5.41, 5.74) is 0.522. The molecule has 0 aromatic heterocycles. The maximum Gasteiger partial charge on any atom is 0.279 e. The minimum absolute atomic E-state index is 0.0215. The zero-order chi connectivity index (χ0) is 14.9. The van der Waals surface area contributed by atoms with Crippen LogP contribution in [0.3, 0.4) is 0 Å². The van der Waals surface area contributed by atoms with E-state index in [4.69, 9.17) is 5.14 Å². The van der Waals surface area contributed by atoms with Crippen LogP contribution in [0.25, 0.3) is 0 Å². The lowest BCUT2D eigenvalue weighted by molar-refractivity contribution is -0.119. The van der Waals surface area contributed by atoms with Gasteiger partial charge in [-0.3, -0.25) is 9.59 Å². The first-order valence-corrected chi connectivity index (χ1v) is 8.16. The fourth-order valence-corrected chi connectivity index (χ4v) is 3.02. The number of rotatable bonds is 3. The van der Waals surface area contributed by atoms with Crippen LogP contribution < -0.4 is 15.4 Å². The normalized spacial score (nSPS) is 18.7. The van der Waals surface area contributed by atoms with E-state index >= 15 is 0 Å². The van der Waals surface area contributed by atoms with Crippen molar-refractivity contribution in [1.82, 2.24) is 5.32 Å². The number of hydrogen-bond acceptors (Lipinski definition) is 5. The summed E-state index contributed by atoms with van der Waals surface area (Å²) in [5.74, 6) is 0.129. The lowest BCUT2D eigenvalue weighted by Gasteiger charge is -2.20. The second kappa shape index (κ2) is 5.43. The van der Waals surface area contributed by atoms with Crippen molar-refractivity contribution in [1.29, 1.82) is 0 Å². The van der Waals surface area contributed by atoms with E-state index in [0.29, 0.717) is 11.4 Å². The number of nitrogens with one attached hydrogen (secondary N) is 1. The number of anilines is 1. The molecule has 0 bridgehead atoms. The standard InChI is InChI=1S/C11H13N3O4S2/c1-14(10(15)9-6-19-11(16)13-9)7-2-4-8(5-3-7)20(12,17)18/h2-5,9H,6H2,1H3,(H,13,16)(H2,12,17,18). The molecule has 108 valence electrons. The van der Waals surface area contributed by atoms with E-state index in [-0.39, 0.29) is 16.0 Å². The van der Waals surface area contributed by atoms with Crippen LogP contribution in [0.15, 0.2) is 29.2 Å². The van der Waals surface area contributed by atoms with Crippen LogP contribution in [0.1, 0.15) is 0 Å². The molecule has 0 radical (unpaired) electrons. The van der Waals surface area contributed by atoms with Gasteiger partial charge < -0.3 is 10.2 Å². The Bertz CT molecular complexity index is 642. The first kappa shape index (κ1) is 14.8. The molecule has 1 fully saturated rings. The average Bonchev–Trinajstić information content (AvgIpc) is 2.83. The second-order valence-electron chi connectivity index (χ2n) is 4.23. The Balaban J connectivity index is 2.15. The van der Waals surface area contributed by atoms with Gasteiger partial charge >= 0.3 is 0 Å². The lowest BCUT2D eigenvalue weighted by Crippen LogP contribution is -2.43. The molecule has 0 aliphatic carbocycles. The Hall–Kier alpha value is -1.58. The lowest BCUT2D eigenvalue weighted by atomic mass is 10.2. The van der Waals surface area contributed by atoms with Crippen molar-refractivity contribution in [2.45, 2.75) is 10.9 Å². The van der Waals surface area contributed by atoms with Crippen molar-refractivity contribution in [2.75, 3.05) is 17.7 Å². The Morgan fingerprint density at radius 2 is 2.00 bits per heavy atom. The first-order valence-electron chi connectivity index (χ1n) is 5.63. The van der Waals surface area contributed by atoms with Crippen LogP contribution in [0.2, 0.25) is 0 Å². The van der Waals surface area contributed by atoms with E-state index < -0.39 is 16.1 Å². The summed E-state index contributed by atoms with van der Waals surface area (Å²) in [4.78, 5) is 24.5. The predicted octanol–water partition coefficient (Wildman–Crippen LogP) is 0.122. The Morgan fingerprint density at radius 3 is 2.45 bits per heavy atom. The van der Waals surface area contributed by atoms with Crippen LogP contribution in [-0.2, 0) is 14.8 Å². The molecule has 9 heteroatoms. The van der Waals surface area contributed by atoms with Crippen LogP contribution in [0.4, 0.5) is 10.5 Å². The average molecular weight is 315 g/mol. The van der Waals surface area contributed by atoms with E-state index in [1.807, 2.05) is 0 Å². The number of nitrogens with zero attached hydrogens (tertiary/aromatic N) is 1. The molecule has 2 rings (SSSR count). The monoisotopic (exact) mass is 315 g/mol. The molecule has 0 spiro atoms. The second-order valence-corrected chi connectivity index (χ2v) is 6.79. The van der Waals surface area contributed by atoms with Crippen LogP contribution in [-0.4, -0.2) is 38.4 Å². The topological polar surface area (TPSA) is 110 Å². The third-order valence-corrected chi connectivity index (χ3v) is 4.66. The molecule has 1 unspecified atom stereocenters. The van der Waals surface area contributed by atoms with Gasteiger partial charge in [-0.15, -0.1) is 0 Å². The summed E-state index contributed by atoms with van der Waals surface area (Å²) in [6, 6.07) is 5.08. The summed E-state index contributed by atoms with van der Waals surface area (Å²) < 4.78 is 22.3. The smallest absolute Gasteiger partial charge is 0.279 e. The fourth-order valence-electron chi connectivity index (χ4n) is 1.74. The molecule has 1 aliphatic rings. The third-order valence-electron chi connectivity index (χ3n) is 2.85. The number of carbonyl (C=O) groups excluding carboxylic acids is 2. The van der Waals surface area contributed by atoms with Gasteiger partial charge in [0, 0.05) is 18.5 Å². The van der Waals surface area contributed by atoms with Gasteiger partial charge in [0.2, 0.25) is 15.9 Å². The Kier molecular flexibility index (Phi) is 4.02. The molecule has 1 aromatic rings. The third kappa shape index (κ3) is 3.11. The van der Waals surface area contributed by atoms with Gasteiger partial charge in [-0.1, -0.05) is 11.8 Å². The van der Waals surface area contributed by atoms with Crippen molar-refractivity contribution in [3.63, 3.8) is 0 Å². The van der Waals surface area contributed by atoms with Gasteiger partial charge in [-0.2, -0.15) is 0 Å². The minimum Gasteiger partial charge on any atom is -0.334 e. The molecule has 1 atom stereocenters. The SMILES string of the molecule is CN(C(=O)C1CSC(=O)N1)c1ccc(S(N)(=O)=O)cc1. The molecule has 1 heterocycles. The van der Waals surface area contributed by atoms with Gasteiger partial charge in [0.25, 0.3) is 5.24 Å². The number of nitrogens with two attached hydrogens (primary N) is 1. The number of primary sulfonamides is 1. The highest BCUT2D eigenvalue weighted by molar-refractivity contribution is 8.14. The van der Waals surface area contributed by atoms with Gasteiger partial charge in [-0.25, -0.2) is 13.6 Å². The number of benzene rings is 1. The summed E-state index contributed by atoms with van der Waals surface area (Å²) in [6.07, 6.45) is 0. The number of likely N-dealkylation sites (N-methyl/N-ethyl adjacent to an activating group) is 1. The minimum atomic E-state index is -3.75. The van der Waals surface area contributed by atoms with Crippen molar-refractivity contribution in [3.8, 4) is 0 Å². The molecule has 2 amide bonds. The largest absolute Gasteiger partial charge is 0.334 e. The van der Waals surface area contributed by atoms with Crippen LogP contribution in [0.5, 0.6) is 0 Å². The van der Waals surface area contributed by atoms with Gasteiger partial charge in [0.15, 0.2) is 0 Å². The molecular weight excluding hydrogens is 302 g/mol. The molecule has 1 aliphatic heterocycles. The molecule has 20 heavy (non-hydrogen) atoms. The highest BCUT2D eigenvalue weighted by atomic mass is 32.2. The highest BCUT2D eigenvalue weighted by Gasteiger charge is 2.30. The van der Waals surface area contributed by atoms with Gasteiger partial charge in [0.1, 0.15) is 6.04 Å². The van der Waals surface area contributed by atoms with E-state index in [1.165, 1.54) is 29.2 Å². The summed E-state index contributed by atoms with van der Waals surface area (Å²) in [5, 5.41) is 7.33. The highest BCUT2D eigenvalue weighted by Crippen LogP contribution is 2.20. The van der Waals surface area contributed by atoms with E-state index in [9.17, 15) is 18.0 Å². The summed E-state index contributed by atoms with van der Waals surface area (Å²) in [6.45, 7) is 0. The number of hydrogen-bond donors (Lipinski definition) is 2. The van der Waals surface area contributed by atoms with E-state index in [0.717, 1.165) is 11.8 Å². The number of carbonyl (C=O) groups is 2. The van der Waals surface area contributed by atoms with Crippen molar-refractivity contribution in [3.05, 3.63) is 24.3 Å². The molecule has 7 nitrogen and oxygen atoms in total. The first-order chi connectivity index (χ1) is 9.29. The van der Waals surface area contributed by atoms with Crippen molar-refractivity contribution in [2.24, 2.45) is 5.14 Å². The quantitative estimate of drug-likeness (QED) is 0.823. The van der Waals surface area contributed by atoms with E-state index in [1.54, 1.807) is 7.05 Å². The van der Waals surface area contributed by atoms with Crippen molar-refractivity contribution < 1.29 is 18.0 Å². The Morgan fingerprint density at radius 1 is 1.40 bits per heavy atom. The maximum absolute atomic E-state index is 12.1. The number of amides is 2. The van der Waals surface area contributed by atoms with E-state index in [2.05, 4.69) is 5.32 Å². The summed E-state index contributed by atoms with van der Waals surface area (Å²) >= 11 is 1.06. The van der Waals surface area contributed by atoms with Crippen LogP contribution in [0, 0.1) is 0 Å². The van der Waals surface area contributed by atoms with Gasteiger partial charge in [0.05, 0.1) is 4.90 Å². The summed E-state index contributed by atoms with van der Waals surface area (Å²) in [7, 11) is -2.19.